The van der Waals surface area contributed by atoms with E-state index >= 15 is 0 Å². The maximum Gasteiger partial charge on any atom is 0.263 e. The first-order valence-corrected chi connectivity index (χ1v) is 7.32. The number of nitrogens with one attached hydrogen (secondary N) is 1. The number of rotatable bonds is 5. The molecule has 1 aliphatic rings. The van der Waals surface area contributed by atoms with E-state index in [1.54, 1.807) is 7.11 Å². The summed E-state index contributed by atoms with van der Waals surface area (Å²) in [6.07, 6.45) is 2.91. The topological polar surface area (TPSA) is 21.3 Å². The highest BCUT2D eigenvalue weighted by Gasteiger charge is 2.43. The molecular weight excluding hydrogens is 260 g/mol. The third-order valence-corrected chi connectivity index (χ3v) is 4.01. The van der Waals surface area contributed by atoms with Crippen LogP contribution in [0, 0.1) is 0 Å². The highest BCUT2D eigenvalue weighted by atomic mass is 19.3. The lowest BCUT2D eigenvalue weighted by atomic mass is 9.89. The van der Waals surface area contributed by atoms with Crippen LogP contribution in [0.5, 0.6) is 5.75 Å². The van der Waals surface area contributed by atoms with Gasteiger partial charge in [0.2, 0.25) is 0 Å². The smallest absolute Gasteiger partial charge is 0.263 e. The van der Waals surface area contributed by atoms with Crippen LogP contribution in [0.15, 0.2) is 24.3 Å². The van der Waals surface area contributed by atoms with Crippen LogP contribution < -0.4 is 10.1 Å². The first kappa shape index (κ1) is 15.2. The van der Waals surface area contributed by atoms with Gasteiger partial charge < -0.3 is 10.1 Å². The Morgan fingerprint density at radius 1 is 1.30 bits per heavy atom. The van der Waals surface area contributed by atoms with Crippen molar-refractivity contribution in [3.63, 3.8) is 0 Å². The first-order chi connectivity index (χ1) is 9.55. The van der Waals surface area contributed by atoms with Gasteiger partial charge in [-0.15, -0.1) is 0 Å². The number of methoxy groups -OCH3 is 1. The number of alkyl halides is 2. The predicted molar refractivity (Wildman–Crippen MR) is 76.5 cm³/mol. The summed E-state index contributed by atoms with van der Waals surface area (Å²) in [5, 5.41) is 3.14. The molecule has 0 aromatic heterocycles. The van der Waals surface area contributed by atoms with Crippen LogP contribution in [-0.4, -0.2) is 25.1 Å². The minimum Gasteiger partial charge on any atom is -0.497 e. The molecule has 0 radical (unpaired) electrons. The fourth-order valence-electron chi connectivity index (χ4n) is 2.81. The van der Waals surface area contributed by atoms with Crippen LogP contribution >= 0.6 is 0 Å². The summed E-state index contributed by atoms with van der Waals surface area (Å²) in [5.41, 5.74) is 0.917. The average molecular weight is 283 g/mol. The van der Waals surface area contributed by atoms with E-state index in [2.05, 4.69) is 12.2 Å². The van der Waals surface area contributed by atoms with Crippen molar-refractivity contribution in [2.75, 3.05) is 7.11 Å². The van der Waals surface area contributed by atoms with Crippen molar-refractivity contribution >= 4 is 0 Å². The van der Waals surface area contributed by atoms with Gasteiger partial charge in [0.25, 0.3) is 5.92 Å². The molecule has 1 aromatic rings. The van der Waals surface area contributed by atoms with Crippen molar-refractivity contribution in [2.24, 2.45) is 0 Å². The third kappa shape index (κ3) is 3.69. The Hall–Kier alpha value is -1.16. The molecule has 0 saturated carbocycles. The maximum absolute atomic E-state index is 14.0. The van der Waals surface area contributed by atoms with E-state index in [4.69, 9.17) is 4.74 Å². The van der Waals surface area contributed by atoms with E-state index in [0.29, 0.717) is 12.8 Å². The van der Waals surface area contributed by atoms with E-state index in [1.807, 2.05) is 24.3 Å². The maximum atomic E-state index is 14.0. The van der Waals surface area contributed by atoms with E-state index in [0.717, 1.165) is 24.2 Å². The lowest BCUT2D eigenvalue weighted by molar-refractivity contribution is -0.0705. The van der Waals surface area contributed by atoms with Gasteiger partial charge in [0, 0.05) is 12.5 Å². The summed E-state index contributed by atoms with van der Waals surface area (Å²) < 4.78 is 33.1. The van der Waals surface area contributed by atoms with Crippen molar-refractivity contribution < 1.29 is 13.5 Å². The normalized spacial score (nSPS) is 25.4. The zero-order valence-electron chi connectivity index (χ0n) is 12.2. The fraction of sp³-hybridized carbons (Fsp3) is 0.625. The molecule has 0 bridgehead atoms. The largest absolute Gasteiger partial charge is 0.497 e. The Labute approximate surface area is 119 Å². The van der Waals surface area contributed by atoms with Crippen LogP contribution in [0.4, 0.5) is 8.78 Å². The monoisotopic (exact) mass is 283 g/mol. The molecule has 2 nitrogen and oxygen atoms in total. The van der Waals surface area contributed by atoms with E-state index in [1.165, 1.54) is 0 Å². The van der Waals surface area contributed by atoms with Crippen molar-refractivity contribution in [2.45, 2.75) is 57.0 Å². The van der Waals surface area contributed by atoms with Crippen molar-refractivity contribution in [1.29, 1.82) is 0 Å². The summed E-state index contributed by atoms with van der Waals surface area (Å²) in [6.45, 7) is 2.09. The second kappa shape index (κ2) is 6.53. The summed E-state index contributed by atoms with van der Waals surface area (Å²) in [4.78, 5) is 0. The van der Waals surface area contributed by atoms with Gasteiger partial charge in [-0.3, -0.25) is 0 Å². The van der Waals surface area contributed by atoms with Crippen molar-refractivity contribution in [1.82, 2.24) is 5.32 Å². The number of hydrogen-bond acceptors (Lipinski definition) is 2. The minimum absolute atomic E-state index is 0.00844. The molecule has 2 atom stereocenters. The quantitative estimate of drug-likeness (QED) is 0.887. The SMILES string of the molecule is CCCC1CCC(F)(F)C(Cc2ccc(OC)cc2)N1. The average Bonchev–Trinajstić information content (AvgIpc) is 2.44. The lowest BCUT2D eigenvalue weighted by Crippen LogP contribution is -2.55. The van der Waals surface area contributed by atoms with Crippen LogP contribution in [-0.2, 0) is 6.42 Å². The number of piperidine rings is 1. The molecule has 20 heavy (non-hydrogen) atoms. The van der Waals surface area contributed by atoms with Crippen molar-refractivity contribution in [3.05, 3.63) is 29.8 Å². The molecule has 2 rings (SSSR count). The molecule has 1 saturated heterocycles. The fourth-order valence-corrected chi connectivity index (χ4v) is 2.81. The molecule has 0 spiro atoms. The van der Waals surface area contributed by atoms with E-state index in [-0.39, 0.29) is 12.5 Å². The van der Waals surface area contributed by atoms with Gasteiger partial charge in [0.1, 0.15) is 5.75 Å². The molecule has 1 aliphatic heterocycles. The molecule has 2 unspecified atom stereocenters. The Balaban J connectivity index is 2.03. The Kier molecular flexibility index (Phi) is 4.97. The van der Waals surface area contributed by atoms with Gasteiger partial charge in [-0.2, -0.15) is 0 Å². The Morgan fingerprint density at radius 2 is 2.00 bits per heavy atom. The molecular formula is C16H23F2NO. The van der Waals surface area contributed by atoms with Gasteiger partial charge in [-0.05, 0) is 37.0 Å². The molecule has 1 heterocycles. The van der Waals surface area contributed by atoms with Gasteiger partial charge >= 0.3 is 0 Å². The van der Waals surface area contributed by atoms with Crippen molar-refractivity contribution in [3.8, 4) is 5.75 Å². The van der Waals surface area contributed by atoms with E-state index < -0.39 is 12.0 Å². The lowest BCUT2D eigenvalue weighted by Gasteiger charge is -2.37. The van der Waals surface area contributed by atoms with Crippen LogP contribution in [0.2, 0.25) is 0 Å². The standard InChI is InChI=1S/C16H23F2NO/c1-3-4-13-9-10-16(17,18)15(19-13)11-12-5-7-14(20-2)8-6-12/h5-8,13,15,19H,3-4,9-11H2,1-2H3. The van der Waals surface area contributed by atoms with Crippen LogP contribution in [0.25, 0.3) is 0 Å². The summed E-state index contributed by atoms with van der Waals surface area (Å²) in [5.74, 6) is -1.87. The molecule has 4 heteroatoms. The zero-order valence-corrected chi connectivity index (χ0v) is 12.2. The number of halogens is 2. The number of benzene rings is 1. The zero-order chi connectivity index (χ0) is 14.6. The Bertz CT molecular complexity index is 419. The molecule has 0 amide bonds. The summed E-state index contributed by atoms with van der Waals surface area (Å²) in [6, 6.07) is 6.82. The summed E-state index contributed by atoms with van der Waals surface area (Å²) >= 11 is 0. The van der Waals surface area contributed by atoms with Gasteiger partial charge in [-0.1, -0.05) is 25.5 Å². The van der Waals surface area contributed by atoms with Gasteiger partial charge in [0.15, 0.2) is 0 Å². The second-order valence-electron chi connectivity index (χ2n) is 5.56. The minimum atomic E-state index is -2.62. The van der Waals surface area contributed by atoms with Crippen LogP contribution in [0.1, 0.15) is 38.2 Å². The first-order valence-electron chi connectivity index (χ1n) is 7.32. The molecule has 0 aliphatic carbocycles. The highest BCUT2D eigenvalue weighted by molar-refractivity contribution is 5.28. The molecule has 1 N–H and O–H groups in total. The van der Waals surface area contributed by atoms with Gasteiger partial charge in [0.05, 0.1) is 13.2 Å². The Morgan fingerprint density at radius 3 is 2.60 bits per heavy atom. The molecule has 1 aromatic carbocycles. The summed E-state index contributed by atoms with van der Waals surface area (Å²) in [7, 11) is 1.60. The van der Waals surface area contributed by atoms with Crippen LogP contribution in [0.3, 0.4) is 0 Å². The number of ether oxygens (including phenoxy) is 1. The molecule has 1 fully saturated rings. The van der Waals surface area contributed by atoms with Gasteiger partial charge in [-0.25, -0.2) is 8.78 Å². The highest BCUT2D eigenvalue weighted by Crippen LogP contribution is 2.33. The molecule has 112 valence electrons. The third-order valence-electron chi connectivity index (χ3n) is 4.01. The predicted octanol–water partition coefficient (Wildman–Crippen LogP) is 3.79. The number of hydrogen-bond donors (Lipinski definition) is 1. The second-order valence-corrected chi connectivity index (χ2v) is 5.56. The van der Waals surface area contributed by atoms with E-state index in [9.17, 15) is 8.78 Å².